The minimum absolute atomic E-state index is 0.125. The van der Waals surface area contributed by atoms with Gasteiger partial charge in [-0.05, 0) is 29.7 Å². The molecule has 140 valence electrons. The Morgan fingerprint density at radius 3 is 2.33 bits per heavy atom. The van der Waals surface area contributed by atoms with Crippen LogP contribution in [0.2, 0.25) is 0 Å². The van der Waals surface area contributed by atoms with Gasteiger partial charge in [0.2, 0.25) is 5.91 Å². The maximum atomic E-state index is 12.6. The van der Waals surface area contributed by atoms with Crippen molar-refractivity contribution in [3.05, 3.63) is 65.7 Å². The van der Waals surface area contributed by atoms with Crippen LogP contribution in [0.25, 0.3) is 0 Å². The van der Waals surface area contributed by atoms with E-state index in [1.165, 1.54) is 5.01 Å². The SMILES string of the molecule is CN(C)c1ccc([C@H]2CC(c3ccccc3)=NN2C(=O)CCC(=O)[O-])cc1. The summed E-state index contributed by atoms with van der Waals surface area (Å²) < 4.78 is 0. The first-order valence-corrected chi connectivity index (χ1v) is 8.88. The zero-order valence-corrected chi connectivity index (χ0v) is 15.5. The third-order valence-corrected chi connectivity index (χ3v) is 4.61. The van der Waals surface area contributed by atoms with Gasteiger partial charge in [0, 0.05) is 38.6 Å². The van der Waals surface area contributed by atoms with Gasteiger partial charge < -0.3 is 14.8 Å². The van der Waals surface area contributed by atoms with E-state index >= 15 is 0 Å². The van der Waals surface area contributed by atoms with Gasteiger partial charge in [0.05, 0.1) is 11.8 Å². The van der Waals surface area contributed by atoms with Crippen molar-refractivity contribution in [3.8, 4) is 0 Å². The molecule has 27 heavy (non-hydrogen) atoms. The number of carboxylic acids is 1. The molecular formula is C21H22N3O3-. The lowest BCUT2D eigenvalue weighted by Crippen LogP contribution is -2.29. The fourth-order valence-electron chi connectivity index (χ4n) is 3.12. The molecule has 0 saturated heterocycles. The number of amides is 1. The third kappa shape index (κ3) is 4.34. The zero-order chi connectivity index (χ0) is 19.4. The first-order chi connectivity index (χ1) is 13.0. The number of aliphatic carboxylic acids is 1. The third-order valence-electron chi connectivity index (χ3n) is 4.61. The van der Waals surface area contributed by atoms with Crippen molar-refractivity contribution in [2.45, 2.75) is 25.3 Å². The zero-order valence-electron chi connectivity index (χ0n) is 15.5. The summed E-state index contributed by atoms with van der Waals surface area (Å²) in [5, 5.41) is 16.7. The van der Waals surface area contributed by atoms with Gasteiger partial charge >= 0.3 is 0 Å². The van der Waals surface area contributed by atoms with Crippen molar-refractivity contribution in [1.82, 2.24) is 5.01 Å². The van der Waals surface area contributed by atoms with Gasteiger partial charge in [-0.25, -0.2) is 5.01 Å². The van der Waals surface area contributed by atoms with Crippen LogP contribution >= 0.6 is 0 Å². The van der Waals surface area contributed by atoms with E-state index in [0.717, 1.165) is 22.5 Å². The molecule has 0 unspecified atom stereocenters. The Morgan fingerprint density at radius 2 is 1.74 bits per heavy atom. The maximum absolute atomic E-state index is 12.6. The fourth-order valence-corrected chi connectivity index (χ4v) is 3.12. The number of carboxylic acid groups (broad SMARTS) is 1. The molecule has 2 aromatic rings. The number of rotatable bonds is 6. The van der Waals surface area contributed by atoms with Crippen LogP contribution in [0, 0.1) is 0 Å². The second-order valence-electron chi connectivity index (χ2n) is 6.73. The highest BCUT2D eigenvalue weighted by Crippen LogP contribution is 2.34. The van der Waals surface area contributed by atoms with Crippen molar-refractivity contribution < 1.29 is 14.7 Å². The van der Waals surface area contributed by atoms with Crippen LogP contribution in [0.15, 0.2) is 59.7 Å². The highest BCUT2D eigenvalue weighted by atomic mass is 16.4. The quantitative estimate of drug-likeness (QED) is 0.785. The van der Waals surface area contributed by atoms with Gasteiger partial charge in [-0.2, -0.15) is 5.10 Å². The van der Waals surface area contributed by atoms with Gasteiger partial charge in [-0.1, -0.05) is 42.5 Å². The molecule has 0 radical (unpaired) electrons. The van der Waals surface area contributed by atoms with Crippen molar-refractivity contribution in [1.29, 1.82) is 0 Å². The number of anilines is 1. The van der Waals surface area contributed by atoms with Gasteiger partial charge in [0.1, 0.15) is 0 Å². The molecule has 1 atom stereocenters. The van der Waals surface area contributed by atoms with E-state index in [4.69, 9.17) is 0 Å². The Morgan fingerprint density at radius 1 is 1.07 bits per heavy atom. The minimum Gasteiger partial charge on any atom is -0.550 e. The Balaban J connectivity index is 1.88. The van der Waals surface area contributed by atoms with Crippen LogP contribution < -0.4 is 10.0 Å². The Bertz CT molecular complexity index is 845. The predicted molar refractivity (Wildman–Crippen MR) is 102 cm³/mol. The van der Waals surface area contributed by atoms with E-state index in [9.17, 15) is 14.7 Å². The molecule has 1 amide bonds. The second kappa shape index (κ2) is 8.03. The van der Waals surface area contributed by atoms with Crippen molar-refractivity contribution in [2.75, 3.05) is 19.0 Å². The molecular weight excluding hydrogens is 342 g/mol. The average molecular weight is 364 g/mol. The summed E-state index contributed by atoms with van der Waals surface area (Å²) in [4.78, 5) is 25.3. The lowest BCUT2D eigenvalue weighted by molar-refractivity contribution is -0.305. The minimum atomic E-state index is -1.23. The summed E-state index contributed by atoms with van der Waals surface area (Å²) in [5.74, 6) is -1.55. The van der Waals surface area contributed by atoms with Crippen LogP contribution in [-0.4, -0.2) is 36.7 Å². The summed E-state index contributed by atoms with van der Waals surface area (Å²) in [7, 11) is 3.94. The van der Waals surface area contributed by atoms with Crippen LogP contribution in [0.5, 0.6) is 0 Å². The number of hydrogen-bond donors (Lipinski definition) is 0. The number of nitrogens with zero attached hydrogens (tertiary/aromatic N) is 3. The number of carbonyl (C=O) groups is 2. The first kappa shape index (κ1) is 18.6. The van der Waals surface area contributed by atoms with Gasteiger partial charge in [-0.3, -0.25) is 4.79 Å². The van der Waals surface area contributed by atoms with E-state index in [1.807, 2.05) is 73.6 Å². The molecule has 0 aliphatic carbocycles. The van der Waals surface area contributed by atoms with Crippen LogP contribution in [0.3, 0.4) is 0 Å². The van der Waals surface area contributed by atoms with E-state index in [2.05, 4.69) is 5.10 Å². The molecule has 6 heteroatoms. The smallest absolute Gasteiger partial charge is 0.243 e. The Hall–Kier alpha value is -3.15. The Kier molecular flexibility index (Phi) is 5.54. The maximum Gasteiger partial charge on any atom is 0.243 e. The molecule has 0 spiro atoms. The molecule has 1 aliphatic rings. The molecule has 0 saturated carbocycles. The summed E-state index contributed by atoms with van der Waals surface area (Å²) in [6, 6.07) is 17.4. The number of benzene rings is 2. The highest BCUT2D eigenvalue weighted by Gasteiger charge is 2.32. The normalized spacial score (nSPS) is 16.1. The molecule has 0 bridgehead atoms. The van der Waals surface area contributed by atoms with E-state index in [0.29, 0.717) is 6.42 Å². The van der Waals surface area contributed by atoms with E-state index in [1.54, 1.807) is 0 Å². The van der Waals surface area contributed by atoms with Crippen LogP contribution in [-0.2, 0) is 9.59 Å². The number of hydrazone groups is 1. The standard InChI is InChI=1S/C21H23N3O3/c1-23(2)17-10-8-16(9-11-17)19-14-18(15-6-4-3-5-7-15)22-24(19)20(25)12-13-21(26)27/h3-11,19H,12-14H2,1-2H3,(H,26,27)/p-1/t19-/m1/s1. The molecule has 6 nitrogen and oxygen atoms in total. The van der Waals surface area contributed by atoms with Crippen molar-refractivity contribution >= 4 is 23.3 Å². The fraction of sp³-hybridized carbons (Fsp3) is 0.286. The van der Waals surface area contributed by atoms with Crippen molar-refractivity contribution in [2.24, 2.45) is 5.10 Å². The number of hydrogen-bond acceptors (Lipinski definition) is 5. The van der Waals surface area contributed by atoms with Crippen LogP contribution in [0.1, 0.15) is 36.4 Å². The molecule has 0 N–H and O–H groups in total. The largest absolute Gasteiger partial charge is 0.550 e. The highest BCUT2D eigenvalue weighted by molar-refractivity contribution is 6.03. The van der Waals surface area contributed by atoms with Crippen molar-refractivity contribution in [3.63, 3.8) is 0 Å². The average Bonchev–Trinajstić information content (AvgIpc) is 3.12. The molecule has 1 heterocycles. The van der Waals surface area contributed by atoms with Gasteiger partial charge in [0.15, 0.2) is 0 Å². The lowest BCUT2D eigenvalue weighted by atomic mass is 9.98. The van der Waals surface area contributed by atoms with Crippen LogP contribution in [0.4, 0.5) is 5.69 Å². The molecule has 0 fully saturated rings. The second-order valence-corrected chi connectivity index (χ2v) is 6.73. The molecule has 0 aromatic heterocycles. The Labute approximate surface area is 158 Å². The summed E-state index contributed by atoms with van der Waals surface area (Å²) in [6.07, 6.45) is 0.153. The van der Waals surface area contributed by atoms with E-state index < -0.39 is 5.97 Å². The summed E-state index contributed by atoms with van der Waals surface area (Å²) in [6.45, 7) is 0. The first-order valence-electron chi connectivity index (χ1n) is 8.88. The lowest BCUT2D eigenvalue weighted by Gasteiger charge is -2.23. The molecule has 3 rings (SSSR count). The van der Waals surface area contributed by atoms with Gasteiger partial charge in [0.25, 0.3) is 0 Å². The monoisotopic (exact) mass is 364 g/mol. The molecule has 1 aliphatic heterocycles. The molecule has 2 aromatic carbocycles. The van der Waals surface area contributed by atoms with Gasteiger partial charge in [-0.15, -0.1) is 0 Å². The predicted octanol–water partition coefficient (Wildman–Crippen LogP) is 1.96. The topological polar surface area (TPSA) is 76.0 Å². The van der Waals surface area contributed by atoms with E-state index in [-0.39, 0.29) is 24.8 Å². The summed E-state index contributed by atoms with van der Waals surface area (Å²) >= 11 is 0. The number of carbonyl (C=O) groups excluding carboxylic acids is 2. The summed E-state index contributed by atoms with van der Waals surface area (Å²) in [5.41, 5.74) is 3.81.